The molecule has 332 valence electrons. The molecule has 1 aliphatic heterocycles. The minimum Gasteiger partial charge on any atom is -0.461 e. The molecule has 6 heteroatoms. The molecule has 8 atom stereocenters. The zero-order valence-electron chi connectivity index (χ0n) is 38.4. The molecule has 8 aliphatic rings. The van der Waals surface area contributed by atoms with Gasteiger partial charge in [0.2, 0.25) is 0 Å². The number of benzene rings is 2. The Bertz CT molecular complexity index is 2730. The van der Waals surface area contributed by atoms with Crippen molar-refractivity contribution in [3.8, 4) is 0 Å². The van der Waals surface area contributed by atoms with Gasteiger partial charge in [-0.05, 0) is 122 Å². The van der Waals surface area contributed by atoms with E-state index in [1.807, 2.05) is 0 Å². The quantitative estimate of drug-likeness (QED) is 0.132. The van der Waals surface area contributed by atoms with Crippen LogP contribution in [0.25, 0.3) is 11.0 Å². The summed E-state index contributed by atoms with van der Waals surface area (Å²) in [6, 6.07) is 15.0. The number of allylic oxidation sites excluding steroid dienone is 20. The summed E-state index contributed by atoms with van der Waals surface area (Å²) in [5, 5.41) is 14.4. The molecule has 1 fully saturated rings. The molecule has 8 unspecified atom stereocenters. The summed E-state index contributed by atoms with van der Waals surface area (Å²) in [5.41, 5.74) is 17.2. The summed E-state index contributed by atoms with van der Waals surface area (Å²) >= 11 is 2.12. The largest absolute Gasteiger partial charge is 0.461 e. The summed E-state index contributed by atoms with van der Waals surface area (Å²) in [4.78, 5) is 1.58. The Morgan fingerprint density at radius 3 is 2.46 bits per heavy atom. The average molecular weight is 892 g/mol. The van der Waals surface area contributed by atoms with Crippen molar-refractivity contribution in [2.45, 2.75) is 108 Å². The van der Waals surface area contributed by atoms with Crippen LogP contribution in [0.1, 0.15) is 93.7 Å². The van der Waals surface area contributed by atoms with Gasteiger partial charge < -0.3 is 15.5 Å². The molecule has 0 bridgehead atoms. The Balaban J connectivity index is 0.785. The van der Waals surface area contributed by atoms with E-state index in [1.165, 1.54) is 34.1 Å². The van der Waals surface area contributed by atoms with E-state index in [0.717, 1.165) is 85.9 Å². The number of anilines is 1. The summed E-state index contributed by atoms with van der Waals surface area (Å²) in [7, 11) is -2.09. The van der Waals surface area contributed by atoms with E-state index in [-0.39, 0.29) is 24.2 Å². The molecule has 7 aliphatic carbocycles. The standard InChI is InChI=1S/C59H65N3OSSi/c1-38-25-29-55-49(33-38)50-36-43(26-30-56(50)63-55)59(60)48-22-11-13-24-54(48)62-39(2)61-53-23-12-10-21-47(53)42-16-14-15-40(34-42)41-27-31-57-51(35-41)52-37-46(28-32-58(52)64-57)65(3,44-17-6-4-7-18-44)45-19-8-5-9-20-45/h6,8,10-13,16-24,26-28,30-32,34,36-39,47,51-53,58-59,61-62H,4-5,7,9,14-15,25,29,33,35,60H2,1-3H3. The van der Waals surface area contributed by atoms with Crippen LogP contribution < -0.4 is 16.4 Å². The van der Waals surface area contributed by atoms with Gasteiger partial charge >= 0.3 is 0 Å². The topological polar surface area (TPSA) is 63.2 Å². The lowest BCUT2D eigenvalue weighted by molar-refractivity contribution is 0.438. The Morgan fingerprint density at radius 1 is 0.831 bits per heavy atom. The number of rotatable bonds is 11. The predicted molar refractivity (Wildman–Crippen MR) is 278 cm³/mol. The van der Waals surface area contributed by atoms with Crippen molar-refractivity contribution in [2.75, 3.05) is 5.32 Å². The summed E-state index contributed by atoms with van der Waals surface area (Å²) in [6.45, 7) is 7.20. The van der Waals surface area contributed by atoms with Gasteiger partial charge in [-0.3, -0.25) is 5.32 Å². The van der Waals surface area contributed by atoms with Crippen LogP contribution in [0, 0.1) is 23.7 Å². The number of nitrogens with one attached hydrogen (secondary N) is 2. The molecule has 4 N–H and O–H groups in total. The Hall–Kier alpha value is -4.85. The van der Waals surface area contributed by atoms with Gasteiger partial charge in [0.25, 0.3) is 0 Å². The van der Waals surface area contributed by atoms with Gasteiger partial charge in [-0.1, -0.05) is 157 Å². The van der Waals surface area contributed by atoms with E-state index >= 15 is 0 Å². The second-order valence-corrected chi connectivity index (χ2v) is 25.3. The van der Waals surface area contributed by atoms with Gasteiger partial charge in [0, 0.05) is 52.1 Å². The van der Waals surface area contributed by atoms with Crippen molar-refractivity contribution >= 4 is 36.5 Å². The highest BCUT2D eigenvalue weighted by Crippen LogP contribution is 2.55. The molecule has 3 aromatic rings. The van der Waals surface area contributed by atoms with Gasteiger partial charge in [-0.15, -0.1) is 11.8 Å². The SMILES string of the molecule is CC1CCc2oc3ccc(C(N)c4ccccc4NC(C)NC4C=CC=CC4C4=CCCC(C5=CC=C6SC7C=CC([Si](C)(C8=CCCC=C8)C8=CCCC=C8)=CC7C6C5)=C4)cc3c2C1. The molecular weight excluding hydrogens is 827 g/mol. The first-order valence-corrected chi connectivity index (χ1v) is 28.1. The van der Waals surface area contributed by atoms with Gasteiger partial charge in [-0.25, -0.2) is 0 Å². The normalized spacial score (nSPS) is 27.9. The molecule has 0 amide bonds. The summed E-state index contributed by atoms with van der Waals surface area (Å²) < 4.78 is 6.30. The minimum absolute atomic E-state index is 0.00480. The number of hydrogen-bond donors (Lipinski definition) is 3. The summed E-state index contributed by atoms with van der Waals surface area (Å²) in [6.07, 6.45) is 53.2. The van der Waals surface area contributed by atoms with Crippen LogP contribution in [-0.4, -0.2) is 25.5 Å². The highest BCUT2D eigenvalue weighted by Gasteiger charge is 2.45. The number of fused-ring (bicyclic) bond motifs is 6. The van der Waals surface area contributed by atoms with E-state index in [9.17, 15) is 0 Å². The number of thioether (sulfide) groups is 1. The molecule has 0 saturated carbocycles. The van der Waals surface area contributed by atoms with E-state index in [1.54, 1.807) is 20.5 Å². The van der Waals surface area contributed by atoms with E-state index < -0.39 is 8.07 Å². The third kappa shape index (κ3) is 8.24. The van der Waals surface area contributed by atoms with Crippen LogP contribution in [0.15, 0.2) is 187 Å². The minimum atomic E-state index is -2.09. The number of para-hydroxylation sites is 1. The lowest BCUT2D eigenvalue weighted by Gasteiger charge is -2.37. The number of furan rings is 1. The Kier molecular flexibility index (Phi) is 11.9. The molecule has 2 heterocycles. The van der Waals surface area contributed by atoms with Gasteiger partial charge in [0.1, 0.15) is 19.4 Å². The first-order valence-electron chi connectivity index (χ1n) is 24.7. The first-order chi connectivity index (χ1) is 31.8. The van der Waals surface area contributed by atoms with Gasteiger partial charge in [0.05, 0.1) is 12.2 Å². The fourth-order valence-corrected chi connectivity index (χ4v) is 17.5. The van der Waals surface area contributed by atoms with Crippen molar-refractivity contribution in [3.05, 3.63) is 205 Å². The molecule has 4 nitrogen and oxygen atoms in total. The molecule has 1 saturated heterocycles. The zero-order chi connectivity index (χ0) is 44.1. The maximum atomic E-state index is 7.13. The first kappa shape index (κ1) is 42.8. The molecule has 2 aromatic carbocycles. The molecule has 11 rings (SSSR count). The van der Waals surface area contributed by atoms with Crippen molar-refractivity contribution in [3.63, 3.8) is 0 Å². The lowest BCUT2D eigenvalue weighted by atomic mass is 9.76. The Labute approximate surface area is 392 Å². The second-order valence-electron chi connectivity index (χ2n) is 20.1. The third-order valence-electron chi connectivity index (χ3n) is 15.8. The van der Waals surface area contributed by atoms with Crippen molar-refractivity contribution in [1.82, 2.24) is 5.32 Å². The highest BCUT2D eigenvalue weighted by atomic mass is 32.2. The van der Waals surface area contributed by atoms with Crippen molar-refractivity contribution in [1.29, 1.82) is 0 Å². The molecule has 0 spiro atoms. The van der Waals surface area contributed by atoms with Crippen LogP contribution in [-0.2, 0) is 12.8 Å². The van der Waals surface area contributed by atoms with E-state index in [2.05, 4.69) is 189 Å². The molecule has 65 heavy (non-hydrogen) atoms. The van der Waals surface area contributed by atoms with Crippen molar-refractivity contribution in [2.24, 2.45) is 29.4 Å². The van der Waals surface area contributed by atoms with E-state index in [0.29, 0.717) is 23.0 Å². The van der Waals surface area contributed by atoms with Crippen LogP contribution in [0.3, 0.4) is 0 Å². The third-order valence-corrected chi connectivity index (χ3v) is 21.8. The maximum absolute atomic E-state index is 7.13. The molecular formula is C59H65N3OSSi. The monoisotopic (exact) mass is 891 g/mol. The zero-order valence-corrected chi connectivity index (χ0v) is 40.3. The highest BCUT2D eigenvalue weighted by molar-refractivity contribution is 8.04. The van der Waals surface area contributed by atoms with Gasteiger partial charge in [-0.2, -0.15) is 0 Å². The van der Waals surface area contributed by atoms with Gasteiger partial charge in [0.15, 0.2) is 0 Å². The van der Waals surface area contributed by atoms with Crippen LogP contribution in [0.2, 0.25) is 6.55 Å². The maximum Gasteiger partial charge on any atom is 0.144 e. The lowest BCUT2D eigenvalue weighted by Crippen LogP contribution is -2.44. The number of nitrogens with two attached hydrogens (primary N) is 1. The average Bonchev–Trinajstić information content (AvgIpc) is 3.91. The fraction of sp³-hybridized carbons (Fsp3) is 0.356. The van der Waals surface area contributed by atoms with Crippen LogP contribution in [0.4, 0.5) is 5.69 Å². The summed E-state index contributed by atoms with van der Waals surface area (Å²) in [5.74, 6) is 3.16. The number of aryl methyl sites for hydroxylation is 1. The number of hydrogen-bond acceptors (Lipinski definition) is 5. The van der Waals surface area contributed by atoms with Crippen LogP contribution >= 0.6 is 11.8 Å². The molecule has 1 aromatic heterocycles. The van der Waals surface area contributed by atoms with Crippen LogP contribution in [0.5, 0.6) is 0 Å². The Morgan fingerprint density at radius 2 is 1.65 bits per heavy atom. The fourth-order valence-electron chi connectivity index (χ4n) is 12.1. The molecule has 0 radical (unpaired) electrons. The smallest absolute Gasteiger partial charge is 0.144 e. The van der Waals surface area contributed by atoms with E-state index in [4.69, 9.17) is 10.2 Å². The van der Waals surface area contributed by atoms with Crippen molar-refractivity contribution < 1.29 is 4.42 Å². The second kappa shape index (κ2) is 18.1. The predicted octanol–water partition coefficient (Wildman–Crippen LogP) is 14.0.